The molecule has 1 aromatic rings. The Morgan fingerprint density at radius 2 is 1.92 bits per heavy atom. The summed E-state index contributed by atoms with van der Waals surface area (Å²) in [6, 6.07) is 3.02. The van der Waals surface area contributed by atoms with Crippen molar-refractivity contribution in [1.82, 2.24) is 4.72 Å². The number of carbonyl (C=O) groups excluding carboxylic acids is 1. The van der Waals surface area contributed by atoms with Gasteiger partial charge in [-0.25, -0.2) is 13.1 Å². The maximum absolute atomic E-state index is 12.6. The first-order chi connectivity index (χ1) is 10.8. The number of hydrogen-bond acceptors (Lipinski definition) is 4. The number of nitrogens with one attached hydrogen (secondary N) is 2. The van der Waals surface area contributed by atoms with Gasteiger partial charge in [-0.1, -0.05) is 11.6 Å². The van der Waals surface area contributed by atoms with Crippen LogP contribution in [0.4, 0.5) is 18.9 Å². The van der Waals surface area contributed by atoms with E-state index in [1.165, 1.54) is 0 Å². The van der Waals surface area contributed by atoms with Crippen molar-refractivity contribution in [3.63, 3.8) is 0 Å². The van der Waals surface area contributed by atoms with Gasteiger partial charge in [0.05, 0.1) is 15.6 Å². The lowest BCUT2D eigenvalue weighted by molar-refractivity contribution is -0.242. The number of alkyl halides is 3. The van der Waals surface area contributed by atoms with Gasteiger partial charge in [0, 0.05) is 6.04 Å². The zero-order chi connectivity index (χ0) is 18.3. The molecule has 1 saturated carbocycles. The van der Waals surface area contributed by atoms with Crippen molar-refractivity contribution >= 4 is 33.2 Å². The molecule has 24 heavy (non-hydrogen) atoms. The zero-order valence-corrected chi connectivity index (χ0v) is 13.9. The van der Waals surface area contributed by atoms with Gasteiger partial charge < -0.3 is 10.4 Å². The van der Waals surface area contributed by atoms with Gasteiger partial charge in [0.15, 0.2) is 0 Å². The van der Waals surface area contributed by atoms with Crippen LogP contribution in [0.1, 0.15) is 19.8 Å². The van der Waals surface area contributed by atoms with Gasteiger partial charge in [-0.15, -0.1) is 0 Å². The molecule has 0 aromatic heterocycles. The van der Waals surface area contributed by atoms with E-state index in [4.69, 9.17) is 11.6 Å². The van der Waals surface area contributed by atoms with Crippen LogP contribution in [0.25, 0.3) is 0 Å². The molecule has 0 radical (unpaired) electrons. The topological polar surface area (TPSA) is 95.5 Å². The van der Waals surface area contributed by atoms with Crippen LogP contribution in [0.3, 0.4) is 0 Å². The molecule has 0 heterocycles. The Morgan fingerprint density at radius 3 is 2.38 bits per heavy atom. The largest absolute Gasteiger partial charge is 0.426 e. The number of sulfonamides is 1. The summed E-state index contributed by atoms with van der Waals surface area (Å²) in [5.74, 6) is -1.73. The lowest BCUT2D eigenvalue weighted by Gasteiger charge is -2.25. The average Bonchev–Trinajstić information content (AvgIpc) is 3.22. The van der Waals surface area contributed by atoms with Gasteiger partial charge in [-0.05, 0) is 38.0 Å². The zero-order valence-electron chi connectivity index (χ0n) is 12.3. The average molecular weight is 387 g/mol. The molecule has 1 aliphatic carbocycles. The number of anilines is 1. The minimum Gasteiger partial charge on any atom is -0.373 e. The lowest BCUT2D eigenvalue weighted by atomic mass is 10.1. The lowest BCUT2D eigenvalue weighted by Crippen LogP contribution is -2.52. The molecular weight excluding hydrogens is 373 g/mol. The van der Waals surface area contributed by atoms with Crippen molar-refractivity contribution in [3.8, 4) is 0 Å². The smallest absolute Gasteiger partial charge is 0.373 e. The number of benzene rings is 1. The Kier molecular flexibility index (Phi) is 4.88. The molecule has 0 aliphatic heterocycles. The van der Waals surface area contributed by atoms with E-state index in [-0.39, 0.29) is 21.6 Å². The van der Waals surface area contributed by atoms with Crippen molar-refractivity contribution in [3.05, 3.63) is 23.2 Å². The second-order valence-corrected chi connectivity index (χ2v) is 7.68. The molecule has 1 amide bonds. The van der Waals surface area contributed by atoms with E-state index in [0.29, 0.717) is 6.92 Å². The first kappa shape index (κ1) is 19.0. The van der Waals surface area contributed by atoms with Crippen LogP contribution in [0.15, 0.2) is 23.1 Å². The van der Waals surface area contributed by atoms with Crippen molar-refractivity contribution in [1.29, 1.82) is 0 Å². The third-order valence-corrected chi connectivity index (χ3v) is 5.22. The standard InChI is InChI=1S/C13H14ClF3N2O4S/c1-12(21,13(15,16)17)11(20)18-10-5-4-8(6-9(10)14)24(22,23)19-7-2-3-7/h4-7,19,21H,2-3H2,1H3,(H,18,20). The van der Waals surface area contributed by atoms with Gasteiger partial charge >= 0.3 is 6.18 Å². The molecule has 6 nitrogen and oxygen atoms in total. The summed E-state index contributed by atoms with van der Waals surface area (Å²) in [5.41, 5.74) is -3.87. The van der Waals surface area contributed by atoms with E-state index in [0.717, 1.165) is 31.0 Å². The van der Waals surface area contributed by atoms with E-state index < -0.39 is 27.7 Å². The number of rotatable bonds is 5. The fraction of sp³-hybridized carbons (Fsp3) is 0.462. The molecule has 1 atom stereocenters. The van der Waals surface area contributed by atoms with E-state index >= 15 is 0 Å². The molecule has 1 unspecified atom stereocenters. The Balaban J connectivity index is 2.20. The maximum Gasteiger partial charge on any atom is 0.426 e. The predicted molar refractivity (Wildman–Crippen MR) is 80.1 cm³/mol. The Morgan fingerprint density at radius 1 is 1.33 bits per heavy atom. The molecular formula is C13H14ClF3N2O4S. The quantitative estimate of drug-likeness (QED) is 0.721. The van der Waals surface area contributed by atoms with E-state index in [2.05, 4.69) is 4.72 Å². The molecule has 1 fully saturated rings. The van der Waals surface area contributed by atoms with E-state index in [1.54, 1.807) is 0 Å². The summed E-state index contributed by atoms with van der Waals surface area (Å²) in [5, 5.41) is 10.8. The van der Waals surface area contributed by atoms with Crippen molar-refractivity contribution < 1.29 is 31.5 Å². The van der Waals surface area contributed by atoms with Gasteiger partial charge in [0.25, 0.3) is 5.91 Å². The second kappa shape index (κ2) is 6.17. The summed E-state index contributed by atoms with van der Waals surface area (Å²) in [7, 11) is -3.79. The normalized spacial score (nSPS) is 18.1. The molecule has 11 heteroatoms. The molecule has 0 bridgehead atoms. The van der Waals surface area contributed by atoms with Crippen LogP contribution < -0.4 is 10.0 Å². The summed E-state index contributed by atoms with van der Waals surface area (Å²) in [6.07, 6.45) is -3.72. The minimum absolute atomic E-state index is 0.130. The fourth-order valence-corrected chi connectivity index (χ4v) is 3.25. The highest BCUT2D eigenvalue weighted by atomic mass is 35.5. The van der Waals surface area contributed by atoms with Crippen LogP contribution >= 0.6 is 11.6 Å². The Labute approximate surface area is 141 Å². The SMILES string of the molecule is CC(O)(C(=O)Nc1ccc(S(=O)(=O)NC2CC2)cc1Cl)C(F)(F)F. The van der Waals surface area contributed by atoms with Gasteiger partial charge in [0.2, 0.25) is 15.6 Å². The second-order valence-electron chi connectivity index (χ2n) is 5.56. The van der Waals surface area contributed by atoms with Gasteiger partial charge in [0.1, 0.15) is 0 Å². The van der Waals surface area contributed by atoms with Crippen LogP contribution in [-0.2, 0) is 14.8 Å². The van der Waals surface area contributed by atoms with Gasteiger partial charge in [-0.3, -0.25) is 4.79 Å². The van der Waals surface area contributed by atoms with Crippen molar-refractivity contribution in [2.45, 2.75) is 42.5 Å². The van der Waals surface area contributed by atoms with Crippen LogP contribution in [0, 0.1) is 0 Å². The molecule has 1 aliphatic rings. The minimum atomic E-state index is -5.18. The van der Waals surface area contributed by atoms with Crippen molar-refractivity contribution in [2.75, 3.05) is 5.32 Å². The molecule has 0 saturated heterocycles. The number of carbonyl (C=O) groups is 1. The third kappa shape index (κ3) is 4.00. The first-order valence-corrected chi connectivity index (χ1v) is 8.63. The highest BCUT2D eigenvalue weighted by molar-refractivity contribution is 7.89. The maximum atomic E-state index is 12.6. The predicted octanol–water partition coefficient (Wildman–Crippen LogP) is 2.03. The summed E-state index contributed by atoms with van der Waals surface area (Å²) in [4.78, 5) is 11.4. The summed E-state index contributed by atoms with van der Waals surface area (Å²) in [6.45, 7) is 0.300. The first-order valence-electron chi connectivity index (χ1n) is 6.77. The monoisotopic (exact) mass is 386 g/mol. The fourth-order valence-electron chi connectivity index (χ4n) is 1.63. The molecule has 134 valence electrons. The molecule has 3 N–H and O–H groups in total. The van der Waals surface area contributed by atoms with Crippen LogP contribution in [-0.4, -0.2) is 37.3 Å². The Bertz CT molecular complexity index is 761. The summed E-state index contributed by atoms with van der Waals surface area (Å²) < 4.78 is 64.3. The summed E-state index contributed by atoms with van der Waals surface area (Å²) >= 11 is 5.83. The number of hydrogen-bond donors (Lipinski definition) is 3. The number of aliphatic hydroxyl groups is 1. The van der Waals surface area contributed by atoms with E-state index in [9.17, 15) is 31.5 Å². The highest BCUT2D eigenvalue weighted by Gasteiger charge is 2.55. The van der Waals surface area contributed by atoms with Gasteiger partial charge in [-0.2, -0.15) is 13.2 Å². The third-order valence-electron chi connectivity index (χ3n) is 3.39. The number of amides is 1. The molecule has 0 spiro atoms. The van der Waals surface area contributed by atoms with E-state index in [1.807, 2.05) is 5.32 Å². The molecule has 2 rings (SSSR count). The van der Waals surface area contributed by atoms with Crippen molar-refractivity contribution in [2.24, 2.45) is 0 Å². The number of halogens is 4. The molecule has 1 aromatic carbocycles. The highest BCUT2D eigenvalue weighted by Crippen LogP contribution is 2.33. The Hall–Kier alpha value is -1.36. The van der Waals surface area contributed by atoms with Crippen LogP contribution in [0.2, 0.25) is 5.02 Å². The van der Waals surface area contributed by atoms with Crippen LogP contribution in [0.5, 0.6) is 0 Å².